The van der Waals surface area contributed by atoms with E-state index in [1.165, 1.54) is 19.2 Å². The molecule has 0 aliphatic carbocycles. The first-order chi connectivity index (χ1) is 11.5. The van der Waals surface area contributed by atoms with Crippen LogP contribution in [0, 0.1) is 0 Å². The van der Waals surface area contributed by atoms with E-state index in [0.717, 1.165) is 12.2 Å². The van der Waals surface area contributed by atoms with Crippen molar-refractivity contribution in [3.63, 3.8) is 0 Å². The zero-order valence-corrected chi connectivity index (χ0v) is 14.4. The monoisotopic (exact) mass is 398 g/mol. The van der Waals surface area contributed by atoms with Crippen LogP contribution in [0.1, 0.15) is 23.2 Å². The highest BCUT2D eigenvalue weighted by Crippen LogP contribution is 2.17. The van der Waals surface area contributed by atoms with Crippen LogP contribution in [0.4, 0.5) is 0 Å². The molecule has 8 heteroatoms. The van der Waals surface area contributed by atoms with Crippen molar-refractivity contribution in [2.24, 2.45) is 0 Å². The van der Waals surface area contributed by atoms with Gasteiger partial charge in [-0.15, -0.1) is 0 Å². The van der Waals surface area contributed by atoms with E-state index in [0.29, 0.717) is 6.29 Å². The number of methoxy groups -OCH3 is 1. The fourth-order valence-corrected chi connectivity index (χ4v) is 1.92. The number of carbonyl (C=O) groups is 4. The molecule has 1 aromatic carbocycles. The van der Waals surface area contributed by atoms with Gasteiger partial charge in [-0.25, -0.2) is 9.59 Å². The first kappa shape index (κ1) is 19.6. The molecule has 1 atom stereocenters. The number of rotatable bonds is 8. The number of para-hydroxylation sites is 1. The number of benzene rings is 1. The van der Waals surface area contributed by atoms with E-state index in [-0.39, 0.29) is 24.2 Å². The Morgan fingerprint density at radius 2 is 1.83 bits per heavy atom. The zero-order valence-electron chi connectivity index (χ0n) is 12.8. The molecule has 0 heterocycles. The number of aldehydes is 1. The lowest BCUT2D eigenvalue weighted by Crippen LogP contribution is -2.15. The van der Waals surface area contributed by atoms with Crippen molar-refractivity contribution in [1.82, 2.24) is 0 Å². The van der Waals surface area contributed by atoms with Gasteiger partial charge in [0.2, 0.25) is 0 Å². The standard InChI is InChI=1S/C16H15BrO7/c1-22-14(19)8-9-16(21)24-13(17)6-7-15(20)23-12-5-3-2-4-11(12)10-18/h2-5,8-10,13H,6-7H2,1H3/b9-8-. The summed E-state index contributed by atoms with van der Waals surface area (Å²) < 4.78 is 14.3. The van der Waals surface area contributed by atoms with Crippen molar-refractivity contribution in [3.05, 3.63) is 42.0 Å². The van der Waals surface area contributed by atoms with Crippen LogP contribution in [-0.2, 0) is 23.9 Å². The van der Waals surface area contributed by atoms with Crippen LogP contribution in [0.5, 0.6) is 5.75 Å². The average Bonchev–Trinajstić information content (AvgIpc) is 2.58. The smallest absolute Gasteiger partial charge is 0.332 e. The quantitative estimate of drug-likeness (QED) is 0.217. The summed E-state index contributed by atoms with van der Waals surface area (Å²) in [6.45, 7) is 0. The van der Waals surface area contributed by atoms with Gasteiger partial charge in [-0.1, -0.05) is 12.1 Å². The van der Waals surface area contributed by atoms with Gasteiger partial charge in [0.15, 0.2) is 11.3 Å². The number of esters is 3. The largest absolute Gasteiger partial charge is 0.466 e. The fourth-order valence-electron chi connectivity index (χ4n) is 1.50. The van der Waals surface area contributed by atoms with E-state index in [1.54, 1.807) is 12.1 Å². The molecule has 1 rings (SSSR count). The van der Waals surface area contributed by atoms with Crippen molar-refractivity contribution in [2.45, 2.75) is 17.9 Å². The summed E-state index contributed by atoms with van der Waals surface area (Å²) >= 11 is 3.09. The van der Waals surface area contributed by atoms with Gasteiger partial charge in [0, 0.05) is 18.6 Å². The molecular formula is C16H15BrO7. The Morgan fingerprint density at radius 3 is 2.50 bits per heavy atom. The van der Waals surface area contributed by atoms with E-state index in [9.17, 15) is 19.2 Å². The highest BCUT2D eigenvalue weighted by molar-refractivity contribution is 9.09. The van der Waals surface area contributed by atoms with E-state index < -0.39 is 22.9 Å². The summed E-state index contributed by atoms with van der Waals surface area (Å²) in [6, 6.07) is 6.32. The molecule has 0 aromatic heterocycles. The molecular weight excluding hydrogens is 384 g/mol. The summed E-state index contributed by atoms with van der Waals surface area (Å²) in [5.41, 5.74) is 0.264. The lowest BCUT2D eigenvalue weighted by Gasteiger charge is -2.10. The summed E-state index contributed by atoms with van der Waals surface area (Å²) in [5.74, 6) is -1.85. The Kier molecular flexibility index (Phi) is 8.42. The molecule has 7 nitrogen and oxygen atoms in total. The van der Waals surface area contributed by atoms with E-state index in [4.69, 9.17) is 9.47 Å². The van der Waals surface area contributed by atoms with Gasteiger partial charge in [0.25, 0.3) is 0 Å². The molecule has 1 aromatic rings. The SMILES string of the molecule is COC(=O)/C=C\C(=O)OC(Br)CCC(=O)Oc1ccccc1C=O. The average molecular weight is 399 g/mol. The maximum atomic E-state index is 11.8. The molecule has 128 valence electrons. The third-order valence-corrected chi connectivity index (χ3v) is 3.29. The van der Waals surface area contributed by atoms with Crippen LogP contribution in [0.25, 0.3) is 0 Å². The van der Waals surface area contributed by atoms with Crippen molar-refractivity contribution >= 4 is 40.1 Å². The minimum Gasteiger partial charge on any atom is -0.466 e. The Morgan fingerprint density at radius 1 is 1.17 bits per heavy atom. The molecule has 0 spiro atoms. The van der Waals surface area contributed by atoms with Crippen LogP contribution in [0.3, 0.4) is 0 Å². The van der Waals surface area contributed by atoms with Gasteiger partial charge >= 0.3 is 17.9 Å². The van der Waals surface area contributed by atoms with Crippen molar-refractivity contribution < 1.29 is 33.4 Å². The van der Waals surface area contributed by atoms with Crippen LogP contribution >= 0.6 is 15.9 Å². The number of halogens is 1. The minimum atomic E-state index is -0.762. The summed E-state index contributed by atoms with van der Waals surface area (Å²) in [7, 11) is 1.18. The molecule has 0 N–H and O–H groups in total. The molecule has 0 radical (unpaired) electrons. The molecule has 0 aliphatic rings. The molecule has 0 saturated carbocycles. The topological polar surface area (TPSA) is 96.0 Å². The molecule has 0 saturated heterocycles. The third kappa shape index (κ3) is 7.19. The zero-order chi connectivity index (χ0) is 17.9. The fraction of sp³-hybridized carbons (Fsp3) is 0.250. The normalized spacial score (nSPS) is 11.6. The lowest BCUT2D eigenvalue weighted by atomic mass is 10.2. The van der Waals surface area contributed by atoms with Crippen LogP contribution in [0.2, 0.25) is 0 Å². The Labute approximate surface area is 146 Å². The second kappa shape index (κ2) is 10.3. The molecule has 0 aliphatic heterocycles. The molecule has 0 bridgehead atoms. The second-order valence-electron chi connectivity index (χ2n) is 4.37. The van der Waals surface area contributed by atoms with Gasteiger partial charge < -0.3 is 14.2 Å². The Hall–Kier alpha value is -2.48. The Bertz CT molecular complexity index is 639. The van der Waals surface area contributed by atoms with Crippen LogP contribution in [-0.4, -0.2) is 36.3 Å². The van der Waals surface area contributed by atoms with E-state index >= 15 is 0 Å². The molecule has 1 unspecified atom stereocenters. The number of hydrogen-bond acceptors (Lipinski definition) is 7. The van der Waals surface area contributed by atoms with Gasteiger partial charge in [-0.05, 0) is 28.1 Å². The predicted molar refractivity (Wildman–Crippen MR) is 86.7 cm³/mol. The molecule has 0 amide bonds. The van der Waals surface area contributed by atoms with Gasteiger partial charge in [-0.2, -0.15) is 0 Å². The van der Waals surface area contributed by atoms with Crippen LogP contribution in [0.15, 0.2) is 36.4 Å². The first-order valence-electron chi connectivity index (χ1n) is 6.82. The van der Waals surface area contributed by atoms with Gasteiger partial charge in [0.1, 0.15) is 5.75 Å². The Balaban J connectivity index is 2.41. The first-order valence-corrected chi connectivity index (χ1v) is 7.73. The highest BCUT2D eigenvalue weighted by Gasteiger charge is 2.14. The highest BCUT2D eigenvalue weighted by atomic mass is 79.9. The maximum Gasteiger partial charge on any atom is 0.332 e. The van der Waals surface area contributed by atoms with Gasteiger partial charge in [0.05, 0.1) is 19.1 Å². The van der Waals surface area contributed by atoms with E-state index in [2.05, 4.69) is 20.7 Å². The summed E-state index contributed by atoms with van der Waals surface area (Å²) in [4.78, 5) is 44.8. The number of alkyl halides is 1. The number of hydrogen-bond donors (Lipinski definition) is 0. The van der Waals surface area contributed by atoms with E-state index in [1.807, 2.05) is 0 Å². The van der Waals surface area contributed by atoms with Crippen molar-refractivity contribution in [2.75, 3.05) is 7.11 Å². The number of ether oxygens (including phenoxy) is 3. The van der Waals surface area contributed by atoms with Gasteiger partial charge in [-0.3, -0.25) is 9.59 Å². The third-order valence-electron chi connectivity index (χ3n) is 2.65. The minimum absolute atomic E-state index is 0.0445. The summed E-state index contributed by atoms with van der Waals surface area (Å²) in [6.07, 6.45) is 2.54. The molecule has 24 heavy (non-hydrogen) atoms. The number of carbonyl (C=O) groups excluding carboxylic acids is 4. The second-order valence-corrected chi connectivity index (χ2v) is 5.39. The summed E-state index contributed by atoms with van der Waals surface area (Å²) in [5, 5.41) is -0.735. The van der Waals surface area contributed by atoms with Crippen molar-refractivity contribution in [1.29, 1.82) is 0 Å². The molecule has 0 fully saturated rings. The van der Waals surface area contributed by atoms with Crippen LogP contribution < -0.4 is 4.74 Å². The lowest BCUT2D eigenvalue weighted by molar-refractivity contribution is -0.141. The van der Waals surface area contributed by atoms with Crippen molar-refractivity contribution in [3.8, 4) is 5.75 Å². The predicted octanol–water partition coefficient (Wildman–Crippen LogP) is 2.18. The maximum absolute atomic E-state index is 11.8.